The van der Waals surface area contributed by atoms with Gasteiger partial charge in [0.05, 0.1) is 6.54 Å². The molecule has 0 amide bonds. The van der Waals surface area contributed by atoms with Crippen molar-refractivity contribution in [1.29, 1.82) is 0 Å². The number of halogens is 1. The largest absolute Gasteiger partial charge is 0.308 e. The molecule has 0 fully saturated rings. The van der Waals surface area contributed by atoms with Crippen LogP contribution >= 0.6 is 11.6 Å². The van der Waals surface area contributed by atoms with Crippen molar-refractivity contribution in [1.82, 2.24) is 9.55 Å². The summed E-state index contributed by atoms with van der Waals surface area (Å²) in [6, 6.07) is 7.35. The maximum atomic E-state index is 12.0. The van der Waals surface area contributed by atoms with Crippen LogP contribution in [0, 0.1) is 0 Å². The topological polar surface area (TPSA) is 34.9 Å². The van der Waals surface area contributed by atoms with Gasteiger partial charge < -0.3 is 4.57 Å². The molecule has 2 aromatic heterocycles. The molecule has 0 radical (unpaired) electrons. The van der Waals surface area contributed by atoms with Crippen LogP contribution in [0.5, 0.6) is 0 Å². The first kappa shape index (κ1) is 11.5. The minimum atomic E-state index is 0.0376. The number of nitrogens with zero attached hydrogens (tertiary/aromatic N) is 2. The van der Waals surface area contributed by atoms with E-state index in [9.17, 15) is 4.79 Å². The van der Waals surface area contributed by atoms with Gasteiger partial charge in [-0.05, 0) is 30.9 Å². The molecule has 0 N–H and O–H groups in total. The number of hydrogen-bond acceptors (Lipinski definition) is 2. The zero-order valence-corrected chi connectivity index (χ0v) is 10.7. The van der Waals surface area contributed by atoms with E-state index in [0.717, 1.165) is 30.5 Å². The minimum Gasteiger partial charge on any atom is -0.308 e. The fourth-order valence-corrected chi connectivity index (χ4v) is 2.69. The molecule has 1 aliphatic carbocycles. The van der Waals surface area contributed by atoms with Crippen molar-refractivity contribution >= 4 is 11.6 Å². The summed E-state index contributed by atoms with van der Waals surface area (Å²) in [5, 5.41) is 0.472. The molecule has 18 heavy (non-hydrogen) atoms. The monoisotopic (exact) mass is 260 g/mol. The van der Waals surface area contributed by atoms with Crippen LogP contribution in [0.1, 0.15) is 23.2 Å². The van der Waals surface area contributed by atoms with Gasteiger partial charge in [-0.15, -0.1) is 0 Å². The lowest BCUT2D eigenvalue weighted by Gasteiger charge is -2.12. The first-order valence-corrected chi connectivity index (χ1v) is 6.44. The lowest BCUT2D eigenvalue weighted by molar-refractivity contribution is 0.705. The lowest BCUT2D eigenvalue weighted by Crippen LogP contribution is -2.23. The van der Waals surface area contributed by atoms with Crippen LogP contribution in [0.3, 0.4) is 0 Å². The third-order valence-electron chi connectivity index (χ3n) is 3.41. The Bertz CT molecular complexity index is 648. The summed E-state index contributed by atoms with van der Waals surface area (Å²) in [5.74, 6) is 0. The zero-order valence-electron chi connectivity index (χ0n) is 9.90. The maximum Gasteiger partial charge on any atom is 0.251 e. The Labute approximate surface area is 110 Å². The summed E-state index contributed by atoms with van der Waals surface area (Å²) in [5.41, 5.74) is 3.37. The van der Waals surface area contributed by atoms with Gasteiger partial charge in [-0.1, -0.05) is 23.7 Å². The van der Waals surface area contributed by atoms with Crippen molar-refractivity contribution in [3.05, 3.63) is 62.8 Å². The molecule has 92 valence electrons. The van der Waals surface area contributed by atoms with Gasteiger partial charge in [0, 0.05) is 23.5 Å². The van der Waals surface area contributed by atoms with Crippen LogP contribution in [0.2, 0.25) is 5.15 Å². The van der Waals surface area contributed by atoms with Gasteiger partial charge in [0.15, 0.2) is 0 Å². The van der Waals surface area contributed by atoms with Crippen molar-refractivity contribution in [2.75, 3.05) is 0 Å². The van der Waals surface area contributed by atoms with Crippen molar-refractivity contribution in [3.8, 4) is 0 Å². The van der Waals surface area contributed by atoms with Gasteiger partial charge in [0.25, 0.3) is 5.56 Å². The third-order valence-corrected chi connectivity index (χ3v) is 3.75. The minimum absolute atomic E-state index is 0.0376. The summed E-state index contributed by atoms with van der Waals surface area (Å²) in [7, 11) is 0. The average Bonchev–Trinajstić information content (AvgIpc) is 2.83. The van der Waals surface area contributed by atoms with E-state index in [1.54, 1.807) is 12.3 Å². The Hall–Kier alpha value is -1.61. The van der Waals surface area contributed by atoms with Crippen LogP contribution in [-0.4, -0.2) is 9.55 Å². The molecule has 0 unspecified atom stereocenters. The Balaban J connectivity index is 2.06. The number of pyridine rings is 2. The van der Waals surface area contributed by atoms with Crippen molar-refractivity contribution in [2.24, 2.45) is 0 Å². The summed E-state index contributed by atoms with van der Waals surface area (Å²) in [6.45, 7) is 0.509. The molecule has 0 atom stereocenters. The standard InChI is InChI=1S/C14H13ClN2O/c15-14-11(4-2-8-16-14)9-17-12-5-1-3-10(12)6-7-13(17)18/h2,4,6-8H,1,3,5,9H2. The highest BCUT2D eigenvalue weighted by Gasteiger charge is 2.16. The van der Waals surface area contributed by atoms with E-state index >= 15 is 0 Å². The van der Waals surface area contributed by atoms with E-state index in [-0.39, 0.29) is 5.56 Å². The average molecular weight is 261 g/mol. The molecule has 3 rings (SSSR count). The molecule has 0 saturated heterocycles. The lowest BCUT2D eigenvalue weighted by atomic mass is 10.2. The van der Waals surface area contributed by atoms with E-state index in [2.05, 4.69) is 4.98 Å². The van der Waals surface area contributed by atoms with Gasteiger partial charge in [-0.2, -0.15) is 0 Å². The zero-order chi connectivity index (χ0) is 12.5. The van der Waals surface area contributed by atoms with E-state index in [4.69, 9.17) is 11.6 Å². The summed E-state index contributed by atoms with van der Waals surface area (Å²) < 4.78 is 1.82. The number of rotatable bonds is 2. The molecule has 0 aliphatic heterocycles. The van der Waals surface area contributed by atoms with Crippen LogP contribution in [0.15, 0.2) is 35.3 Å². The van der Waals surface area contributed by atoms with Gasteiger partial charge in [-0.25, -0.2) is 4.98 Å². The first-order valence-electron chi connectivity index (χ1n) is 6.07. The second-order valence-electron chi connectivity index (χ2n) is 4.54. The number of hydrogen-bond donors (Lipinski definition) is 0. The molecule has 4 heteroatoms. The fraction of sp³-hybridized carbons (Fsp3) is 0.286. The van der Waals surface area contributed by atoms with Crippen LogP contribution in [0.4, 0.5) is 0 Å². The van der Waals surface area contributed by atoms with E-state index in [0.29, 0.717) is 11.7 Å². The molecular weight excluding hydrogens is 248 g/mol. The first-order chi connectivity index (χ1) is 8.75. The molecule has 3 nitrogen and oxygen atoms in total. The van der Waals surface area contributed by atoms with Gasteiger partial charge >= 0.3 is 0 Å². The van der Waals surface area contributed by atoms with Crippen molar-refractivity contribution in [3.63, 3.8) is 0 Å². The summed E-state index contributed by atoms with van der Waals surface area (Å²) in [6.07, 6.45) is 4.82. The maximum absolute atomic E-state index is 12.0. The number of fused-ring (bicyclic) bond motifs is 1. The molecule has 0 saturated carbocycles. The predicted molar refractivity (Wildman–Crippen MR) is 71.1 cm³/mol. The molecule has 0 aromatic carbocycles. The van der Waals surface area contributed by atoms with Crippen LogP contribution in [0.25, 0.3) is 0 Å². The van der Waals surface area contributed by atoms with E-state index < -0.39 is 0 Å². The Morgan fingerprint density at radius 3 is 3.00 bits per heavy atom. The molecule has 2 heterocycles. The summed E-state index contributed by atoms with van der Waals surface area (Å²) in [4.78, 5) is 16.0. The highest BCUT2D eigenvalue weighted by Crippen LogP contribution is 2.21. The van der Waals surface area contributed by atoms with E-state index in [1.165, 1.54) is 5.56 Å². The predicted octanol–water partition coefficient (Wildman–Crippen LogP) is 2.43. The third kappa shape index (κ3) is 1.95. The Kier molecular flexibility index (Phi) is 2.92. The van der Waals surface area contributed by atoms with Crippen LogP contribution in [-0.2, 0) is 19.4 Å². The number of aromatic nitrogens is 2. The van der Waals surface area contributed by atoms with Crippen molar-refractivity contribution in [2.45, 2.75) is 25.8 Å². The molecule has 0 spiro atoms. The summed E-state index contributed by atoms with van der Waals surface area (Å²) >= 11 is 6.05. The van der Waals surface area contributed by atoms with Crippen LogP contribution < -0.4 is 5.56 Å². The Morgan fingerprint density at radius 2 is 2.17 bits per heavy atom. The normalized spacial score (nSPS) is 13.6. The second kappa shape index (κ2) is 4.58. The molecule has 2 aromatic rings. The van der Waals surface area contributed by atoms with Gasteiger partial charge in [-0.3, -0.25) is 4.79 Å². The number of aryl methyl sites for hydroxylation is 1. The van der Waals surface area contributed by atoms with Gasteiger partial charge in [0.1, 0.15) is 5.15 Å². The van der Waals surface area contributed by atoms with Gasteiger partial charge in [0.2, 0.25) is 0 Å². The molecular formula is C14H13ClN2O. The molecule has 0 bridgehead atoms. The highest BCUT2D eigenvalue weighted by atomic mass is 35.5. The second-order valence-corrected chi connectivity index (χ2v) is 4.89. The van der Waals surface area contributed by atoms with E-state index in [1.807, 2.05) is 22.8 Å². The van der Waals surface area contributed by atoms with Crippen molar-refractivity contribution < 1.29 is 0 Å². The SMILES string of the molecule is O=c1ccc2c(n1Cc1cccnc1Cl)CCC2. The fourth-order valence-electron chi connectivity index (χ4n) is 2.51. The highest BCUT2D eigenvalue weighted by molar-refractivity contribution is 6.30. The molecule has 1 aliphatic rings. The Morgan fingerprint density at radius 1 is 1.28 bits per heavy atom. The smallest absolute Gasteiger partial charge is 0.251 e. The quantitative estimate of drug-likeness (QED) is 0.778.